The highest BCUT2D eigenvalue weighted by Gasteiger charge is 2.19. The zero-order valence-electron chi connectivity index (χ0n) is 19.7. The minimum absolute atomic E-state index is 0.106. The van der Waals surface area contributed by atoms with E-state index < -0.39 is 0 Å². The van der Waals surface area contributed by atoms with Crippen LogP contribution in [0.1, 0.15) is 5.01 Å². The van der Waals surface area contributed by atoms with Gasteiger partial charge in [-0.15, -0.1) is 0 Å². The lowest BCUT2D eigenvalue weighted by molar-refractivity contribution is 0.193. The first-order valence-corrected chi connectivity index (χ1v) is 12.6. The van der Waals surface area contributed by atoms with Gasteiger partial charge in [0.2, 0.25) is 0 Å². The molecule has 1 saturated heterocycles. The molecule has 0 atom stereocenters. The molecule has 1 fully saturated rings. The Morgan fingerprint density at radius 3 is 2.54 bits per heavy atom. The number of ether oxygens (including phenoxy) is 2. The van der Waals surface area contributed by atoms with Gasteiger partial charge in [0.25, 0.3) is 5.56 Å². The molecule has 2 aromatic carbocycles. The highest BCUT2D eigenvalue weighted by Crippen LogP contribution is 2.25. The van der Waals surface area contributed by atoms with Crippen molar-refractivity contribution in [2.24, 2.45) is 7.05 Å². The van der Waals surface area contributed by atoms with Gasteiger partial charge in [-0.1, -0.05) is 23.5 Å². The predicted molar refractivity (Wildman–Crippen MR) is 141 cm³/mol. The lowest BCUT2D eigenvalue weighted by Gasteiger charge is -2.35. The number of hydrogen-bond donors (Lipinski definition) is 0. The van der Waals surface area contributed by atoms with E-state index in [0.717, 1.165) is 51.8 Å². The van der Waals surface area contributed by atoms with Gasteiger partial charge in [0.15, 0.2) is 8.96 Å². The van der Waals surface area contributed by atoms with Crippen molar-refractivity contribution in [1.29, 1.82) is 0 Å². The third kappa shape index (κ3) is 5.09. The van der Waals surface area contributed by atoms with E-state index in [0.29, 0.717) is 12.4 Å². The summed E-state index contributed by atoms with van der Waals surface area (Å²) >= 11 is 7.02. The first-order valence-electron chi connectivity index (χ1n) is 11.4. The van der Waals surface area contributed by atoms with Gasteiger partial charge in [-0.3, -0.25) is 9.69 Å². The number of anilines is 1. The summed E-state index contributed by atoms with van der Waals surface area (Å²) in [5.74, 6) is 1.43. The summed E-state index contributed by atoms with van der Waals surface area (Å²) in [6.45, 7) is 4.66. The molecule has 2 aromatic heterocycles. The fourth-order valence-electron chi connectivity index (χ4n) is 4.27. The quantitative estimate of drug-likeness (QED) is 0.350. The number of aromatic nitrogens is 3. The number of benzene rings is 2. The van der Waals surface area contributed by atoms with Crippen molar-refractivity contribution in [1.82, 2.24) is 19.2 Å². The first-order chi connectivity index (χ1) is 17.0. The third-order valence-corrected chi connectivity index (χ3v) is 7.54. The monoisotopic (exact) mass is 509 g/mol. The van der Waals surface area contributed by atoms with E-state index in [1.54, 1.807) is 18.7 Å². The molecular formula is C25H27N5O3S2. The molecule has 182 valence electrons. The van der Waals surface area contributed by atoms with Crippen LogP contribution in [0.4, 0.5) is 5.69 Å². The fourth-order valence-corrected chi connectivity index (χ4v) is 5.32. The summed E-state index contributed by atoms with van der Waals surface area (Å²) in [6.07, 6.45) is 0. The fraction of sp³-hybridized carbons (Fsp3) is 0.320. The molecule has 0 saturated carbocycles. The Kier molecular flexibility index (Phi) is 6.85. The number of piperazine rings is 1. The molecule has 0 N–H and O–H groups in total. The molecule has 3 heterocycles. The van der Waals surface area contributed by atoms with E-state index in [4.69, 9.17) is 21.7 Å². The molecule has 0 radical (unpaired) electrons. The number of hydrogen-bond acceptors (Lipinski definition) is 8. The van der Waals surface area contributed by atoms with Gasteiger partial charge in [0, 0.05) is 50.4 Å². The number of fused-ring (bicyclic) bond motifs is 1. The maximum atomic E-state index is 12.3. The zero-order valence-corrected chi connectivity index (χ0v) is 21.3. The second kappa shape index (κ2) is 10.2. The molecule has 1 aliphatic heterocycles. The topological polar surface area (TPSA) is 64.8 Å². The Hall–Kier alpha value is -3.21. The van der Waals surface area contributed by atoms with Crippen molar-refractivity contribution in [3.8, 4) is 11.5 Å². The second-order valence-electron chi connectivity index (χ2n) is 8.42. The van der Waals surface area contributed by atoms with E-state index in [2.05, 4.69) is 27.0 Å². The Balaban J connectivity index is 1.21. The molecule has 8 nitrogen and oxygen atoms in total. The Morgan fingerprint density at radius 2 is 1.80 bits per heavy atom. The van der Waals surface area contributed by atoms with Crippen molar-refractivity contribution < 1.29 is 9.47 Å². The predicted octanol–water partition coefficient (Wildman–Crippen LogP) is 3.89. The molecule has 35 heavy (non-hydrogen) atoms. The summed E-state index contributed by atoms with van der Waals surface area (Å²) in [5.41, 5.74) is 1.94. The average molecular weight is 510 g/mol. The molecule has 0 aliphatic carbocycles. The lowest BCUT2D eigenvalue weighted by Crippen LogP contribution is -2.46. The van der Waals surface area contributed by atoms with Gasteiger partial charge < -0.3 is 18.9 Å². The maximum Gasteiger partial charge on any atom is 0.254 e. The molecule has 10 heteroatoms. The van der Waals surface area contributed by atoms with Gasteiger partial charge >= 0.3 is 0 Å². The van der Waals surface area contributed by atoms with Gasteiger partial charge in [-0.05, 0) is 48.6 Å². The maximum absolute atomic E-state index is 12.3. The number of rotatable bonds is 7. The summed E-state index contributed by atoms with van der Waals surface area (Å²) < 4.78 is 15.5. The molecular weight excluding hydrogens is 482 g/mol. The second-order valence-corrected chi connectivity index (χ2v) is 10.1. The van der Waals surface area contributed by atoms with Crippen LogP contribution in [0.25, 0.3) is 10.9 Å². The molecule has 4 aromatic rings. The van der Waals surface area contributed by atoms with Crippen molar-refractivity contribution in [3.05, 3.63) is 73.9 Å². The van der Waals surface area contributed by atoms with Crippen molar-refractivity contribution in [2.45, 2.75) is 13.3 Å². The standard InChI is InChI=1S/C25H27N5O3S2/c1-27-21-6-4-3-5-20(21)22(15-24(27)31)33-16-23-26-30(25(34)35-23)17-28-11-13-29(14-12-28)18-7-9-19(32-2)10-8-18/h3-10,15H,11-14,16-17H2,1-2H3. The minimum atomic E-state index is -0.106. The average Bonchev–Trinajstić information content (AvgIpc) is 3.24. The summed E-state index contributed by atoms with van der Waals surface area (Å²) in [6, 6.07) is 17.4. The minimum Gasteiger partial charge on any atom is -0.497 e. The number of aryl methyl sites for hydroxylation is 1. The van der Waals surface area contributed by atoms with Gasteiger partial charge in [-0.25, -0.2) is 4.68 Å². The summed E-state index contributed by atoms with van der Waals surface area (Å²) in [4.78, 5) is 17.1. The van der Waals surface area contributed by atoms with Crippen LogP contribution in [0, 0.1) is 3.95 Å². The molecule has 0 amide bonds. The normalized spacial score (nSPS) is 14.4. The zero-order chi connectivity index (χ0) is 24.4. The van der Waals surface area contributed by atoms with Gasteiger partial charge in [0.1, 0.15) is 18.1 Å². The van der Waals surface area contributed by atoms with Gasteiger partial charge in [0.05, 0.1) is 19.3 Å². The van der Waals surface area contributed by atoms with E-state index in [-0.39, 0.29) is 12.2 Å². The summed E-state index contributed by atoms with van der Waals surface area (Å²) in [5, 5.41) is 6.37. The Bertz CT molecular complexity index is 1440. The summed E-state index contributed by atoms with van der Waals surface area (Å²) in [7, 11) is 3.44. The number of para-hydroxylation sites is 1. The van der Waals surface area contributed by atoms with E-state index in [9.17, 15) is 4.79 Å². The first kappa shape index (κ1) is 23.5. The van der Waals surface area contributed by atoms with E-state index in [1.807, 2.05) is 41.1 Å². The van der Waals surface area contributed by atoms with Crippen molar-refractivity contribution >= 4 is 40.1 Å². The third-order valence-electron chi connectivity index (χ3n) is 6.26. The van der Waals surface area contributed by atoms with Crippen LogP contribution < -0.4 is 19.9 Å². The van der Waals surface area contributed by atoms with Crippen LogP contribution in [0.2, 0.25) is 0 Å². The van der Waals surface area contributed by atoms with E-state index >= 15 is 0 Å². The van der Waals surface area contributed by atoms with Crippen LogP contribution in [-0.4, -0.2) is 52.5 Å². The molecule has 0 spiro atoms. The smallest absolute Gasteiger partial charge is 0.254 e. The van der Waals surface area contributed by atoms with Crippen molar-refractivity contribution in [2.75, 3.05) is 38.2 Å². The molecule has 0 bridgehead atoms. The van der Waals surface area contributed by atoms with Crippen LogP contribution in [0.3, 0.4) is 0 Å². The van der Waals surface area contributed by atoms with E-state index in [1.165, 1.54) is 23.1 Å². The molecule has 5 rings (SSSR count). The van der Waals surface area contributed by atoms with Crippen LogP contribution >= 0.6 is 23.6 Å². The number of pyridine rings is 1. The van der Waals surface area contributed by atoms with Crippen LogP contribution in [0.15, 0.2) is 59.4 Å². The SMILES string of the molecule is COc1ccc(N2CCN(Cn3nc(COc4cc(=O)n(C)c5ccccc45)sc3=S)CC2)cc1. The van der Waals surface area contributed by atoms with Crippen LogP contribution in [0.5, 0.6) is 11.5 Å². The van der Waals surface area contributed by atoms with Crippen molar-refractivity contribution in [3.63, 3.8) is 0 Å². The highest BCUT2D eigenvalue weighted by atomic mass is 32.1. The molecule has 0 unspecified atom stereocenters. The Labute approximate surface area is 212 Å². The number of methoxy groups -OCH3 is 1. The van der Waals surface area contributed by atoms with Crippen LogP contribution in [-0.2, 0) is 20.3 Å². The lowest BCUT2D eigenvalue weighted by atomic mass is 10.2. The number of nitrogens with zero attached hydrogens (tertiary/aromatic N) is 5. The molecule has 1 aliphatic rings. The largest absolute Gasteiger partial charge is 0.497 e. The highest BCUT2D eigenvalue weighted by molar-refractivity contribution is 7.73. The van der Waals surface area contributed by atoms with Gasteiger partial charge in [-0.2, -0.15) is 5.10 Å². The Morgan fingerprint density at radius 1 is 1.06 bits per heavy atom.